The molecule has 4 heterocycles. The molecule has 0 radical (unpaired) electrons. The fourth-order valence-electron chi connectivity index (χ4n) is 8.62. The highest BCUT2D eigenvalue weighted by molar-refractivity contribution is 6.10. The zero-order valence-corrected chi connectivity index (χ0v) is 39.2. The van der Waals surface area contributed by atoms with Crippen molar-refractivity contribution in [3.63, 3.8) is 0 Å². The Kier molecular flexibility index (Phi) is 17.2. The Balaban J connectivity index is 0.760. The molecular weight excluding hydrogens is 881 g/mol. The van der Waals surface area contributed by atoms with Crippen molar-refractivity contribution in [1.29, 1.82) is 10.8 Å². The molecule has 3 aliphatic rings. The van der Waals surface area contributed by atoms with Gasteiger partial charge in [0.05, 0.1) is 18.2 Å². The summed E-state index contributed by atoms with van der Waals surface area (Å²) >= 11 is 0. The molecule has 2 atom stereocenters. The summed E-state index contributed by atoms with van der Waals surface area (Å²) in [5.74, 6) is -0.673. The second kappa shape index (κ2) is 23.8. The lowest BCUT2D eigenvalue weighted by atomic mass is 9.85. The minimum Gasteiger partial charge on any atom is -0.494 e. The number of anilines is 2. The van der Waals surface area contributed by atoms with Crippen LogP contribution in [0.4, 0.5) is 11.4 Å². The highest BCUT2D eigenvalue weighted by Crippen LogP contribution is 2.33. The van der Waals surface area contributed by atoms with Crippen LogP contribution in [-0.4, -0.2) is 121 Å². The largest absolute Gasteiger partial charge is 0.494 e. The highest BCUT2D eigenvalue weighted by Gasteiger charge is 2.41. The van der Waals surface area contributed by atoms with Gasteiger partial charge in [-0.1, -0.05) is 24.3 Å². The first-order valence-corrected chi connectivity index (χ1v) is 23.6. The van der Waals surface area contributed by atoms with Gasteiger partial charge < -0.3 is 45.3 Å². The van der Waals surface area contributed by atoms with Gasteiger partial charge in [-0.3, -0.25) is 45.1 Å². The van der Waals surface area contributed by atoms with E-state index in [-0.39, 0.29) is 67.3 Å². The van der Waals surface area contributed by atoms with Crippen molar-refractivity contribution in [3.05, 3.63) is 119 Å². The van der Waals surface area contributed by atoms with E-state index in [2.05, 4.69) is 43.5 Å². The molecule has 7 rings (SSSR count). The van der Waals surface area contributed by atoms with Crippen LogP contribution in [0.2, 0.25) is 0 Å². The number of aromatic nitrogens is 1. The van der Waals surface area contributed by atoms with Gasteiger partial charge in [0, 0.05) is 91.9 Å². The summed E-state index contributed by atoms with van der Waals surface area (Å²) in [4.78, 5) is 71.0. The maximum absolute atomic E-state index is 13.6. The average molecular weight is 943 g/mol. The van der Waals surface area contributed by atoms with Gasteiger partial charge >= 0.3 is 0 Å². The van der Waals surface area contributed by atoms with E-state index in [1.165, 1.54) is 4.90 Å². The standard InChI is InChI=1S/C51H62N10O8/c1-34(55-47(64)37-11-6-12-38(30-37)59-51(20-24-60(2)25-21-51)50(53)58-46(52)35-18-22-54-23-19-35)36-10-7-13-39(31-36)69-29-5-3-4-26-67-27-9-28-68-33-45(63)56-42-15-8-14-40-41(42)32-61(49(40)66)43-16-17-44(62)57-48(43)65/h6-8,10-15,18-19,22-23,30-31,34,43,59H,3-5,9,16-17,20-21,24-29,32-33H2,1-2H3,(H,55,64)(H,56,63)(H3,52,53,58)(H,57,62,65)/t34-,43?/m0/s1. The van der Waals surface area contributed by atoms with Crippen molar-refractivity contribution in [1.82, 2.24) is 30.7 Å². The van der Waals surface area contributed by atoms with Crippen LogP contribution in [0.3, 0.4) is 0 Å². The lowest BCUT2D eigenvalue weighted by Crippen LogP contribution is -2.58. The normalized spacial score (nSPS) is 17.0. The van der Waals surface area contributed by atoms with Gasteiger partial charge in [-0.05, 0) is 119 Å². The Bertz CT molecular complexity index is 2500. The molecule has 18 heteroatoms. The second-order valence-electron chi connectivity index (χ2n) is 17.7. The number of carbonyl (C=O) groups excluding carboxylic acids is 5. The fraction of sp³-hybridized carbons (Fsp3) is 0.412. The minimum atomic E-state index is -0.753. The Morgan fingerprint density at radius 1 is 0.870 bits per heavy atom. The van der Waals surface area contributed by atoms with Crippen molar-refractivity contribution in [2.45, 2.75) is 82.5 Å². The number of pyridine rings is 1. The lowest BCUT2D eigenvalue weighted by molar-refractivity contribution is -0.137. The highest BCUT2D eigenvalue weighted by atomic mass is 16.5. The number of hydrogen-bond donors (Lipinski definition) is 7. The number of rotatable bonds is 22. The maximum atomic E-state index is 13.6. The summed E-state index contributed by atoms with van der Waals surface area (Å²) in [6, 6.07) is 22.5. The van der Waals surface area contributed by atoms with Gasteiger partial charge in [0.15, 0.2) is 0 Å². The topological polar surface area (TPSA) is 240 Å². The number of likely N-dealkylation sites (tertiary alicyclic amines) is 1. The van der Waals surface area contributed by atoms with E-state index in [0.717, 1.165) is 43.7 Å². The molecular formula is C51H62N10O8. The average Bonchev–Trinajstić information content (AvgIpc) is 3.69. The Morgan fingerprint density at radius 2 is 1.61 bits per heavy atom. The van der Waals surface area contributed by atoms with E-state index in [4.69, 9.17) is 25.0 Å². The predicted molar refractivity (Wildman–Crippen MR) is 260 cm³/mol. The molecule has 3 aliphatic heterocycles. The minimum absolute atomic E-state index is 0.126. The number of piperidine rings is 2. The number of unbranched alkanes of at least 4 members (excludes halogenated alkanes) is 2. The third-order valence-corrected chi connectivity index (χ3v) is 12.6. The second-order valence-corrected chi connectivity index (χ2v) is 17.7. The number of imide groups is 1. The summed E-state index contributed by atoms with van der Waals surface area (Å²) in [6.07, 6.45) is 8.21. The molecule has 2 saturated heterocycles. The summed E-state index contributed by atoms with van der Waals surface area (Å²) in [6.45, 7) is 5.44. The number of hydrogen-bond acceptors (Lipinski definition) is 13. The van der Waals surface area contributed by atoms with Crippen LogP contribution in [0.25, 0.3) is 0 Å². The van der Waals surface area contributed by atoms with Crippen molar-refractivity contribution >= 4 is 52.6 Å². The molecule has 0 aliphatic carbocycles. The number of fused-ring (bicyclic) bond motifs is 1. The smallest absolute Gasteiger partial charge is 0.255 e. The van der Waals surface area contributed by atoms with Crippen molar-refractivity contribution in [2.75, 3.05) is 63.8 Å². The van der Waals surface area contributed by atoms with E-state index >= 15 is 0 Å². The molecule has 2 fully saturated rings. The SMILES string of the molecule is C[C@H](NC(=O)c1cccc(NC2(C(=N)NC(=N)c3ccncc3)CCN(C)CC2)c1)c1cccc(OCCCCCOCCCOCC(=O)Nc2cccc3c2CN(C2CCC(=O)NC2=O)C3=O)c1. The zero-order valence-electron chi connectivity index (χ0n) is 39.2. The number of benzene rings is 3. The maximum Gasteiger partial charge on any atom is 0.255 e. The van der Waals surface area contributed by atoms with Gasteiger partial charge in [0.25, 0.3) is 11.8 Å². The van der Waals surface area contributed by atoms with Crippen LogP contribution in [0.5, 0.6) is 5.75 Å². The fourth-order valence-corrected chi connectivity index (χ4v) is 8.62. The first-order chi connectivity index (χ1) is 33.4. The predicted octanol–water partition coefficient (Wildman–Crippen LogP) is 5.41. The number of nitrogens with one attached hydrogen (secondary N) is 7. The molecule has 364 valence electrons. The van der Waals surface area contributed by atoms with E-state index in [0.29, 0.717) is 79.3 Å². The molecule has 0 saturated carbocycles. The number of carbonyl (C=O) groups is 5. The number of amides is 5. The van der Waals surface area contributed by atoms with Gasteiger partial charge in [0.1, 0.15) is 30.1 Å². The van der Waals surface area contributed by atoms with Crippen molar-refractivity contribution in [2.24, 2.45) is 0 Å². The third-order valence-electron chi connectivity index (χ3n) is 12.6. The van der Waals surface area contributed by atoms with Gasteiger partial charge in [-0.2, -0.15) is 0 Å². The summed E-state index contributed by atoms with van der Waals surface area (Å²) < 4.78 is 17.4. The number of ether oxygens (including phenoxy) is 3. The molecule has 3 aromatic carbocycles. The summed E-state index contributed by atoms with van der Waals surface area (Å²) in [5.41, 5.74) is 3.54. The third kappa shape index (κ3) is 13.4. The first-order valence-electron chi connectivity index (χ1n) is 23.6. The lowest BCUT2D eigenvalue weighted by Gasteiger charge is -2.42. The first kappa shape index (κ1) is 49.9. The zero-order chi connectivity index (χ0) is 48.8. The van der Waals surface area contributed by atoms with Crippen LogP contribution >= 0.6 is 0 Å². The van der Waals surface area contributed by atoms with Gasteiger partial charge in [-0.25, -0.2) is 0 Å². The molecule has 0 spiro atoms. The molecule has 69 heavy (non-hydrogen) atoms. The molecule has 5 amide bonds. The summed E-state index contributed by atoms with van der Waals surface area (Å²) in [5, 5.41) is 32.5. The van der Waals surface area contributed by atoms with Gasteiger partial charge in [-0.15, -0.1) is 0 Å². The number of amidine groups is 2. The molecule has 7 N–H and O–H groups in total. The van der Waals surface area contributed by atoms with Crippen LogP contribution in [0.15, 0.2) is 91.3 Å². The summed E-state index contributed by atoms with van der Waals surface area (Å²) in [7, 11) is 2.05. The van der Waals surface area contributed by atoms with Crippen LogP contribution in [-0.2, 0) is 30.4 Å². The van der Waals surface area contributed by atoms with E-state index in [9.17, 15) is 24.0 Å². The van der Waals surface area contributed by atoms with E-state index in [1.54, 1.807) is 54.9 Å². The Labute approximate surface area is 402 Å². The van der Waals surface area contributed by atoms with E-state index in [1.807, 2.05) is 43.3 Å². The van der Waals surface area contributed by atoms with Crippen molar-refractivity contribution < 1.29 is 38.2 Å². The Morgan fingerprint density at radius 3 is 2.41 bits per heavy atom. The number of nitrogens with zero attached hydrogens (tertiary/aromatic N) is 3. The van der Waals surface area contributed by atoms with E-state index < -0.39 is 17.5 Å². The molecule has 1 unspecified atom stereocenters. The molecule has 18 nitrogen and oxygen atoms in total. The molecule has 4 aromatic rings. The molecule has 1 aromatic heterocycles. The monoisotopic (exact) mass is 942 g/mol. The van der Waals surface area contributed by atoms with Gasteiger partial charge in [0.2, 0.25) is 17.7 Å². The Hall–Kier alpha value is -7.02. The van der Waals surface area contributed by atoms with Crippen LogP contribution in [0, 0.1) is 10.8 Å². The van der Waals surface area contributed by atoms with Crippen LogP contribution in [0.1, 0.15) is 102 Å². The van der Waals surface area contributed by atoms with Crippen LogP contribution < -0.4 is 31.3 Å². The molecule has 0 bridgehead atoms. The van der Waals surface area contributed by atoms with Crippen molar-refractivity contribution in [3.8, 4) is 5.75 Å². The quantitative estimate of drug-likeness (QED) is 0.0227.